The molecule has 144 valence electrons. The van der Waals surface area contributed by atoms with Crippen LogP contribution in [-0.2, 0) is 24.3 Å². The van der Waals surface area contributed by atoms with Crippen molar-refractivity contribution in [2.45, 2.75) is 38.1 Å². The quantitative estimate of drug-likeness (QED) is 0.557. The maximum atomic E-state index is 12.0. The maximum Gasteiger partial charge on any atom is 0.321 e. The molecule has 0 unspecified atom stereocenters. The van der Waals surface area contributed by atoms with Crippen LogP contribution in [0.15, 0.2) is 29.2 Å². The number of urea groups is 1. The lowest BCUT2D eigenvalue weighted by atomic mass is 10.2. The Kier molecular flexibility index (Phi) is 8.20. The highest BCUT2D eigenvalue weighted by atomic mass is 32.2. The van der Waals surface area contributed by atoms with Crippen LogP contribution in [0.2, 0.25) is 0 Å². The number of hydrogen-bond donors (Lipinski definition) is 3. The summed E-state index contributed by atoms with van der Waals surface area (Å²) in [7, 11) is -3.86. The minimum Gasteiger partial charge on any atom is -0.455 e. The zero-order valence-corrected chi connectivity index (χ0v) is 15.7. The molecule has 9 nitrogen and oxygen atoms in total. The van der Waals surface area contributed by atoms with Crippen molar-refractivity contribution in [2.24, 2.45) is 0 Å². The van der Waals surface area contributed by atoms with Gasteiger partial charge in [-0.1, -0.05) is 24.6 Å². The van der Waals surface area contributed by atoms with Gasteiger partial charge in [0.15, 0.2) is 6.61 Å². The minimum atomic E-state index is -3.86. The first-order valence-corrected chi connectivity index (χ1v) is 9.44. The van der Waals surface area contributed by atoms with E-state index >= 15 is 0 Å². The summed E-state index contributed by atoms with van der Waals surface area (Å²) in [5.41, 5.74) is 0.895. The smallest absolute Gasteiger partial charge is 0.321 e. The Bertz CT molecular complexity index is 746. The molecule has 1 rings (SSSR count). The molecule has 3 N–H and O–H groups in total. The Morgan fingerprint density at radius 3 is 2.35 bits per heavy atom. The molecule has 0 spiro atoms. The number of imide groups is 1. The molecule has 0 saturated carbocycles. The predicted octanol–water partition coefficient (Wildman–Crippen LogP) is 0.441. The molecule has 26 heavy (non-hydrogen) atoms. The molecule has 10 heteroatoms. The zero-order valence-electron chi connectivity index (χ0n) is 14.9. The monoisotopic (exact) mass is 385 g/mol. The summed E-state index contributed by atoms with van der Waals surface area (Å²) in [6.07, 6.45) is 0.692. The first-order valence-electron chi connectivity index (χ1n) is 7.96. The zero-order chi connectivity index (χ0) is 19.7. The Morgan fingerprint density at radius 2 is 1.77 bits per heavy atom. The topological polar surface area (TPSA) is 131 Å². The second kappa shape index (κ2) is 9.88. The minimum absolute atomic E-state index is 0.00959. The first kappa shape index (κ1) is 21.6. The van der Waals surface area contributed by atoms with Crippen molar-refractivity contribution in [1.29, 1.82) is 0 Å². The van der Waals surface area contributed by atoms with Crippen LogP contribution in [0.4, 0.5) is 4.79 Å². The van der Waals surface area contributed by atoms with Crippen LogP contribution >= 0.6 is 0 Å². The van der Waals surface area contributed by atoms with Gasteiger partial charge in [0.1, 0.15) is 6.54 Å². The van der Waals surface area contributed by atoms with E-state index in [0.717, 1.165) is 5.56 Å². The van der Waals surface area contributed by atoms with Gasteiger partial charge >= 0.3 is 12.0 Å². The third kappa shape index (κ3) is 7.62. The SMILES string of the molecule is CC[C@H](C)NC(=O)NC(=O)COC(=O)CNS(=O)(=O)c1ccc(C)cc1. The third-order valence-corrected chi connectivity index (χ3v) is 4.76. The molecular formula is C16H23N3O6S. The van der Waals surface area contributed by atoms with Crippen molar-refractivity contribution in [2.75, 3.05) is 13.2 Å². The van der Waals surface area contributed by atoms with Crippen molar-refractivity contribution in [3.63, 3.8) is 0 Å². The number of rotatable bonds is 8. The molecule has 1 aromatic carbocycles. The van der Waals surface area contributed by atoms with Crippen LogP contribution in [-0.4, -0.2) is 45.5 Å². The van der Waals surface area contributed by atoms with Gasteiger partial charge in [0.25, 0.3) is 5.91 Å². The van der Waals surface area contributed by atoms with Gasteiger partial charge in [-0.3, -0.25) is 14.9 Å². The molecular weight excluding hydrogens is 362 g/mol. The van der Waals surface area contributed by atoms with E-state index < -0.39 is 41.1 Å². The molecule has 0 heterocycles. The molecule has 0 fully saturated rings. The van der Waals surface area contributed by atoms with Crippen LogP contribution in [0.1, 0.15) is 25.8 Å². The lowest BCUT2D eigenvalue weighted by Crippen LogP contribution is -2.45. The van der Waals surface area contributed by atoms with E-state index in [1.54, 1.807) is 19.1 Å². The van der Waals surface area contributed by atoms with Gasteiger partial charge in [-0.05, 0) is 32.4 Å². The normalized spacial score (nSPS) is 12.1. The highest BCUT2D eigenvalue weighted by molar-refractivity contribution is 7.89. The van der Waals surface area contributed by atoms with Gasteiger partial charge in [-0.2, -0.15) is 4.72 Å². The molecule has 0 bridgehead atoms. The van der Waals surface area contributed by atoms with Gasteiger partial charge in [-0.25, -0.2) is 13.2 Å². The Labute approximate surface area is 152 Å². The standard InChI is InChI=1S/C16H23N3O6S/c1-4-12(3)18-16(22)19-14(20)10-25-15(21)9-17-26(23,24)13-7-5-11(2)6-8-13/h5-8,12,17H,4,9-10H2,1-3H3,(H2,18,19,20,22)/t12-/m0/s1. The van der Waals surface area contributed by atoms with E-state index in [2.05, 4.69) is 14.8 Å². The summed E-state index contributed by atoms with van der Waals surface area (Å²) in [6.45, 7) is 4.12. The average Bonchev–Trinajstić information content (AvgIpc) is 2.58. The van der Waals surface area contributed by atoms with Gasteiger partial charge < -0.3 is 10.1 Å². The third-order valence-electron chi connectivity index (χ3n) is 3.34. The number of benzene rings is 1. The second-order valence-corrected chi connectivity index (χ2v) is 7.40. The summed E-state index contributed by atoms with van der Waals surface area (Å²) in [4.78, 5) is 34.5. The highest BCUT2D eigenvalue weighted by Crippen LogP contribution is 2.09. The Morgan fingerprint density at radius 1 is 1.15 bits per heavy atom. The van der Waals surface area contributed by atoms with Crippen LogP contribution in [0.5, 0.6) is 0 Å². The fraction of sp³-hybridized carbons (Fsp3) is 0.438. The van der Waals surface area contributed by atoms with E-state index in [1.807, 2.05) is 19.2 Å². The number of hydrogen-bond acceptors (Lipinski definition) is 6. The summed E-state index contributed by atoms with van der Waals surface area (Å²) in [5, 5.41) is 4.51. The lowest BCUT2D eigenvalue weighted by Gasteiger charge is -2.12. The van der Waals surface area contributed by atoms with Crippen molar-refractivity contribution in [3.8, 4) is 0 Å². The van der Waals surface area contributed by atoms with Crippen LogP contribution < -0.4 is 15.4 Å². The summed E-state index contributed by atoms with van der Waals surface area (Å²) in [5.74, 6) is -1.77. The van der Waals surface area contributed by atoms with Crippen LogP contribution in [0.25, 0.3) is 0 Å². The number of nitrogens with one attached hydrogen (secondary N) is 3. The van der Waals surface area contributed by atoms with Gasteiger partial charge in [-0.15, -0.1) is 0 Å². The lowest BCUT2D eigenvalue weighted by molar-refractivity contribution is -0.147. The van der Waals surface area contributed by atoms with E-state index in [4.69, 9.17) is 0 Å². The number of carbonyl (C=O) groups excluding carboxylic acids is 3. The number of sulfonamides is 1. The second-order valence-electron chi connectivity index (χ2n) is 5.63. The van der Waals surface area contributed by atoms with E-state index in [0.29, 0.717) is 6.42 Å². The predicted molar refractivity (Wildman–Crippen MR) is 93.8 cm³/mol. The molecule has 0 aromatic heterocycles. The molecule has 0 saturated heterocycles. The molecule has 0 aliphatic heterocycles. The number of carbonyl (C=O) groups is 3. The largest absolute Gasteiger partial charge is 0.455 e. The molecule has 0 radical (unpaired) electrons. The first-order chi connectivity index (χ1) is 12.1. The van der Waals surface area contributed by atoms with E-state index in [1.165, 1.54) is 12.1 Å². The number of amides is 3. The van der Waals surface area contributed by atoms with Crippen LogP contribution in [0, 0.1) is 6.92 Å². The number of esters is 1. The van der Waals surface area contributed by atoms with Crippen molar-refractivity contribution in [1.82, 2.24) is 15.4 Å². The maximum absolute atomic E-state index is 12.0. The molecule has 0 aliphatic carbocycles. The fourth-order valence-corrected chi connectivity index (χ4v) is 2.65. The molecule has 0 aliphatic rings. The van der Waals surface area contributed by atoms with Crippen LogP contribution in [0.3, 0.4) is 0 Å². The Balaban J connectivity index is 2.39. The summed E-state index contributed by atoms with van der Waals surface area (Å²) < 4.78 is 30.7. The fourth-order valence-electron chi connectivity index (χ4n) is 1.68. The molecule has 1 aromatic rings. The summed E-state index contributed by atoms with van der Waals surface area (Å²) >= 11 is 0. The van der Waals surface area contributed by atoms with Crippen molar-refractivity contribution >= 4 is 27.9 Å². The van der Waals surface area contributed by atoms with Gasteiger partial charge in [0.05, 0.1) is 4.90 Å². The molecule has 1 atom stereocenters. The van der Waals surface area contributed by atoms with Gasteiger partial charge in [0, 0.05) is 6.04 Å². The van der Waals surface area contributed by atoms with Crippen molar-refractivity contribution in [3.05, 3.63) is 29.8 Å². The van der Waals surface area contributed by atoms with Crippen molar-refractivity contribution < 1.29 is 27.5 Å². The summed E-state index contributed by atoms with van der Waals surface area (Å²) in [6, 6.07) is 5.27. The van der Waals surface area contributed by atoms with E-state index in [-0.39, 0.29) is 10.9 Å². The number of ether oxygens (including phenoxy) is 1. The van der Waals surface area contributed by atoms with E-state index in [9.17, 15) is 22.8 Å². The highest BCUT2D eigenvalue weighted by Gasteiger charge is 2.17. The van der Waals surface area contributed by atoms with Gasteiger partial charge in [0.2, 0.25) is 10.0 Å². The number of aryl methyl sites for hydroxylation is 1. The average molecular weight is 385 g/mol. The Hall–Kier alpha value is -2.46. The molecule has 3 amide bonds.